The second-order valence-electron chi connectivity index (χ2n) is 2.95. The van der Waals surface area contributed by atoms with Crippen molar-refractivity contribution < 1.29 is 0 Å². The van der Waals surface area contributed by atoms with Gasteiger partial charge in [0, 0.05) is 17.6 Å². The molecule has 2 aromatic rings. The van der Waals surface area contributed by atoms with E-state index in [1.807, 2.05) is 42.3 Å². The molecule has 72 valence electrons. The van der Waals surface area contributed by atoms with Crippen LogP contribution >= 0.6 is 15.9 Å². The highest BCUT2D eigenvalue weighted by molar-refractivity contribution is 9.10. The lowest BCUT2D eigenvalue weighted by Crippen LogP contribution is -2.10. The lowest BCUT2D eigenvalue weighted by Gasteiger charge is -2.18. The maximum Gasteiger partial charge on any atom is 0.128 e. The zero-order valence-electron chi connectivity index (χ0n) is 7.74. The first-order valence-corrected chi connectivity index (χ1v) is 5.06. The van der Waals surface area contributed by atoms with Gasteiger partial charge in [0.05, 0.1) is 11.9 Å². The molecule has 1 aromatic carbocycles. The van der Waals surface area contributed by atoms with Gasteiger partial charge in [-0.1, -0.05) is 12.1 Å². The molecule has 2 rings (SSSR count). The van der Waals surface area contributed by atoms with Gasteiger partial charge in [-0.15, -0.1) is 0 Å². The molecule has 0 radical (unpaired) electrons. The van der Waals surface area contributed by atoms with Gasteiger partial charge in [0.2, 0.25) is 0 Å². The van der Waals surface area contributed by atoms with E-state index in [0.29, 0.717) is 0 Å². The van der Waals surface area contributed by atoms with E-state index in [-0.39, 0.29) is 0 Å². The predicted molar refractivity (Wildman–Crippen MR) is 60.8 cm³/mol. The van der Waals surface area contributed by atoms with Crippen LogP contribution in [0.5, 0.6) is 0 Å². The van der Waals surface area contributed by atoms with Gasteiger partial charge in [-0.05, 0) is 28.1 Å². The molecule has 1 N–H and O–H groups in total. The number of para-hydroxylation sites is 1. The van der Waals surface area contributed by atoms with Gasteiger partial charge in [-0.25, -0.2) is 0 Å². The molecule has 1 heterocycles. The number of H-pyrrole nitrogens is 1. The third kappa shape index (κ3) is 1.65. The van der Waals surface area contributed by atoms with Crippen LogP contribution < -0.4 is 4.90 Å². The second-order valence-corrected chi connectivity index (χ2v) is 3.81. The van der Waals surface area contributed by atoms with Crippen LogP contribution in [0.15, 0.2) is 41.0 Å². The normalized spacial score (nSPS) is 10.1. The Morgan fingerprint density at radius 1 is 1.29 bits per heavy atom. The molecule has 0 fully saturated rings. The number of benzene rings is 1. The van der Waals surface area contributed by atoms with E-state index in [2.05, 4.69) is 26.1 Å². The lowest BCUT2D eigenvalue weighted by molar-refractivity contribution is 1.04. The molecule has 0 amide bonds. The molecule has 0 saturated heterocycles. The number of hydrogen-bond acceptors (Lipinski definition) is 2. The van der Waals surface area contributed by atoms with Crippen LogP contribution in [0.25, 0.3) is 0 Å². The molecule has 0 atom stereocenters. The van der Waals surface area contributed by atoms with Crippen LogP contribution in [0.2, 0.25) is 0 Å². The topological polar surface area (TPSA) is 31.9 Å². The Kier molecular flexibility index (Phi) is 2.54. The summed E-state index contributed by atoms with van der Waals surface area (Å²) >= 11 is 3.51. The number of hydrogen-bond donors (Lipinski definition) is 1. The third-order valence-electron chi connectivity index (χ3n) is 2.06. The second kappa shape index (κ2) is 3.84. The minimum absolute atomic E-state index is 0.969. The van der Waals surface area contributed by atoms with E-state index < -0.39 is 0 Å². The van der Waals surface area contributed by atoms with Crippen molar-refractivity contribution in [3.05, 3.63) is 41.0 Å². The van der Waals surface area contributed by atoms with Gasteiger partial charge in [0.1, 0.15) is 5.82 Å². The number of nitrogens with one attached hydrogen (secondary N) is 1. The van der Waals surface area contributed by atoms with Gasteiger partial charge in [-0.2, -0.15) is 5.10 Å². The molecule has 4 heteroatoms. The van der Waals surface area contributed by atoms with Crippen molar-refractivity contribution in [3.8, 4) is 0 Å². The highest BCUT2D eigenvalue weighted by Gasteiger charge is 2.07. The summed E-state index contributed by atoms with van der Waals surface area (Å²) in [5.41, 5.74) is 1.11. The van der Waals surface area contributed by atoms with Crippen LogP contribution in [-0.2, 0) is 0 Å². The number of aromatic amines is 1. The molecule has 0 spiro atoms. The van der Waals surface area contributed by atoms with Crippen molar-refractivity contribution in [1.29, 1.82) is 0 Å². The van der Waals surface area contributed by atoms with Crippen molar-refractivity contribution in [3.63, 3.8) is 0 Å². The summed E-state index contributed by atoms with van der Waals surface area (Å²) in [5.74, 6) is 0.969. The van der Waals surface area contributed by atoms with Crippen molar-refractivity contribution in [2.75, 3.05) is 11.9 Å². The molecule has 3 nitrogen and oxygen atoms in total. The van der Waals surface area contributed by atoms with E-state index in [4.69, 9.17) is 0 Å². The Morgan fingerprint density at radius 2 is 2.07 bits per heavy atom. The van der Waals surface area contributed by atoms with Gasteiger partial charge in [-0.3, -0.25) is 5.10 Å². The summed E-state index contributed by atoms with van der Waals surface area (Å²) in [7, 11) is 1.99. The van der Waals surface area contributed by atoms with Crippen molar-refractivity contribution in [2.45, 2.75) is 0 Å². The SMILES string of the molecule is CN(c1ccn[nH]1)c1ccccc1Br. The first-order valence-electron chi connectivity index (χ1n) is 4.26. The van der Waals surface area contributed by atoms with Gasteiger partial charge < -0.3 is 4.90 Å². The smallest absolute Gasteiger partial charge is 0.128 e. The van der Waals surface area contributed by atoms with Crippen LogP contribution in [0.3, 0.4) is 0 Å². The lowest BCUT2D eigenvalue weighted by atomic mass is 10.3. The van der Waals surface area contributed by atoms with Gasteiger partial charge in [0.15, 0.2) is 0 Å². The van der Waals surface area contributed by atoms with Crippen LogP contribution in [0.1, 0.15) is 0 Å². The van der Waals surface area contributed by atoms with Crippen LogP contribution in [0, 0.1) is 0 Å². The average Bonchev–Trinajstić information content (AvgIpc) is 2.70. The molecule has 0 aliphatic heterocycles. The van der Waals surface area contributed by atoms with Crippen LogP contribution in [0.4, 0.5) is 11.5 Å². The number of aromatic nitrogens is 2. The highest BCUT2D eigenvalue weighted by atomic mass is 79.9. The maximum absolute atomic E-state index is 3.92. The van der Waals surface area contributed by atoms with E-state index in [0.717, 1.165) is 16.0 Å². The van der Waals surface area contributed by atoms with E-state index in [9.17, 15) is 0 Å². The van der Waals surface area contributed by atoms with E-state index in [1.54, 1.807) is 6.20 Å². The molecule has 14 heavy (non-hydrogen) atoms. The molecular weight excluding hydrogens is 242 g/mol. The first-order chi connectivity index (χ1) is 6.79. The highest BCUT2D eigenvalue weighted by Crippen LogP contribution is 2.28. The monoisotopic (exact) mass is 251 g/mol. The number of rotatable bonds is 2. The molecule has 0 unspecified atom stereocenters. The fourth-order valence-electron chi connectivity index (χ4n) is 1.29. The van der Waals surface area contributed by atoms with Gasteiger partial charge in [0.25, 0.3) is 0 Å². The summed E-state index contributed by atoms with van der Waals surface area (Å²) in [6.07, 6.45) is 1.74. The number of halogens is 1. The van der Waals surface area contributed by atoms with Crippen molar-refractivity contribution >= 4 is 27.4 Å². The average molecular weight is 252 g/mol. The van der Waals surface area contributed by atoms with Crippen LogP contribution in [-0.4, -0.2) is 17.2 Å². The minimum Gasteiger partial charge on any atom is -0.329 e. The molecular formula is C10H10BrN3. The largest absolute Gasteiger partial charge is 0.329 e. The fourth-order valence-corrected chi connectivity index (χ4v) is 1.84. The Balaban J connectivity index is 2.37. The van der Waals surface area contributed by atoms with Crippen molar-refractivity contribution in [1.82, 2.24) is 10.2 Å². The summed E-state index contributed by atoms with van der Waals surface area (Å²) in [6.45, 7) is 0. The summed E-state index contributed by atoms with van der Waals surface area (Å²) in [4.78, 5) is 2.04. The molecule has 1 aromatic heterocycles. The molecule has 0 aliphatic carbocycles. The molecule has 0 bridgehead atoms. The maximum atomic E-state index is 3.92. The summed E-state index contributed by atoms with van der Waals surface area (Å²) in [6, 6.07) is 9.99. The molecule has 0 saturated carbocycles. The third-order valence-corrected chi connectivity index (χ3v) is 2.73. The molecule has 0 aliphatic rings. The zero-order valence-corrected chi connectivity index (χ0v) is 9.32. The Morgan fingerprint density at radius 3 is 2.71 bits per heavy atom. The Labute approximate surface area is 90.9 Å². The quantitative estimate of drug-likeness (QED) is 0.891. The van der Waals surface area contributed by atoms with E-state index in [1.165, 1.54) is 0 Å². The van der Waals surface area contributed by atoms with E-state index >= 15 is 0 Å². The zero-order chi connectivity index (χ0) is 9.97. The standard InChI is InChI=1S/C10H10BrN3/c1-14(10-6-7-12-13-10)9-5-3-2-4-8(9)11/h2-7H,1H3,(H,12,13). The van der Waals surface area contributed by atoms with Gasteiger partial charge >= 0.3 is 0 Å². The first kappa shape index (κ1) is 9.27. The summed E-state index contributed by atoms with van der Waals surface area (Å²) in [5, 5.41) is 6.83. The predicted octanol–water partition coefficient (Wildman–Crippen LogP) is 2.94. The Bertz CT molecular complexity index is 411. The van der Waals surface area contributed by atoms with Crippen molar-refractivity contribution in [2.24, 2.45) is 0 Å². The minimum atomic E-state index is 0.969. The fraction of sp³-hybridized carbons (Fsp3) is 0.100. The number of nitrogens with zero attached hydrogens (tertiary/aromatic N) is 2. The summed E-state index contributed by atoms with van der Waals surface area (Å²) < 4.78 is 1.07. The Hall–Kier alpha value is -1.29. The number of anilines is 2.